The molecule has 0 saturated heterocycles. The third-order valence-electron chi connectivity index (χ3n) is 3.59. The summed E-state index contributed by atoms with van der Waals surface area (Å²) >= 11 is 0. The molecule has 1 unspecified atom stereocenters. The molecule has 2 N–H and O–H groups in total. The van der Waals surface area contributed by atoms with E-state index in [1.54, 1.807) is 0 Å². The molecule has 0 spiro atoms. The minimum absolute atomic E-state index is 0.0202. The summed E-state index contributed by atoms with van der Waals surface area (Å²) in [7, 11) is 0. The number of hydrogen-bond acceptors (Lipinski definition) is 3. The van der Waals surface area contributed by atoms with Crippen molar-refractivity contribution in [2.45, 2.75) is 19.9 Å². The van der Waals surface area contributed by atoms with E-state index in [0.29, 0.717) is 5.75 Å². The van der Waals surface area contributed by atoms with E-state index in [-0.39, 0.29) is 18.6 Å². The van der Waals surface area contributed by atoms with Crippen LogP contribution in [0, 0.1) is 6.92 Å². The highest BCUT2D eigenvalue weighted by molar-refractivity contribution is 5.78. The van der Waals surface area contributed by atoms with Crippen molar-refractivity contribution in [3.63, 3.8) is 0 Å². The molecule has 3 rings (SSSR count). The summed E-state index contributed by atoms with van der Waals surface area (Å²) in [6.45, 7) is 3.88. The van der Waals surface area contributed by atoms with Crippen LogP contribution in [0.25, 0.3) is 11.0 Å². The molecular weight excluding hydrogens is 290 g/mol. The fraction of sp³-hybridized carbons (Fsp3) is 0.222. The molecule has 0 aliphatic heterocycles. The second-order valence-corrected chi connectivity index (χ2v) is 5.53. The molecule has 0 fully saturated rings. The molecule has 23 heavy (non-hydrogen) atoms. The van der Waals surface area contributed by atoms with Gasteiger partial charge in [0.2, 0.25) is 0 Å². The van der Waals surface area contributed by atoms with E-state index in [1.165, 1.54) is 0 Å². The van der Waals surface area contributed by atoms with Crippen LogP contribution in [-0.2, 0) is 4.79 Å². The van der Waals surface area contributed by atoms with Gasteiger partial charge in [-0.3, -0.25) is 4.79 Å². The van der Waals surface area contributed by atoms with Crippen molar-refractivity contribution in [2.24, 2.45) is 0 Å². The summed E-state index contributed by atoms with van der Waals surface area (Å²) in [5, 5.41) is 2.88. The van der Waals surface area contributed by atoms with Crippen LogP contribution in [0.5, 0.6) is 5.75 Å². The predicted octanol–water partition coefficient (Wildman–Crippen LogP) is 3.13. The second kappa shape index (κ2) is 6.52. The van der Waals surface area contributed by atoms with Gasteiger partial charge in [-0.25, -0.2) is 4.98 Å². The number of benzene rings is 2. The fourth-order valence-corrected chi connectivity index (χ4v) is 2.31. The topological polar surface area (TPSA) is 67.0 Å². The number of amides is 1. The Morgan fingerprint density at radius 1 is 1.22 bits per heavy atom. The Morgan fingerprint density at radius 3 is 2.70 bits per heavy atom. The lowest BCUT2D eigenvalue weighted by Crippen LogP contribution is -2.31. The molecule has 1 aromatic heterocycles. The summed E-state index contributed by atoms with van der Waals surface area (Å²) in [5.41, 5.74) is 3.00. The lowest BCUT2D eigenvalue weighted by atomic mass is 10.2. The zero-order valence-corrected chi connectivity index (χ0v) is 13.2. The van der Waals surface area contributed by atoms with Crippen molar-refractivity contribution in [3.8, 4) is 5.75 Å². The minimum atomic E-state index is -0.212. The predicted molar refractivity (Wildman–Crippen MR) is 89.3 cm³/mol. The van der Waals surface area contributed by atoms with E-state index in [9.17, 15) is 4.79 Å². The normalized spacial score (nSPS) is 12.1. The summed E-state index contributed by atoms with van der Waals surface area (Å²) in [6, 6.07) is 15.2. The van der Waals surface area contributed by atoms with Crippen molar-refractivity contribution in [1.29, 1.82) is 0 Å². The molecule has 1 atom stereocenters. The van der Waals surface area contributed by atoms with Gasteiger partial charge < -0.3 is 15.0 Å². The van der Waals surface area contributed by atoms with E-state index in [2.05, 4.69) is 15.3 Å². The van der Waals surface area contributed by atoms with Gasteiger partial charge >= 0.3 is 0 Å². The molecule has 5 heteroatoms. The van der Waals surface area contributed by atoms with Gasteiger partial charge in [0.1, 0.15) is 11.6 Å². The average Bonchev–Trinajstić information content (AvgIpc) is 2.98. The highest BCUT2D eigenvalue weighted by atomic mass is 16.5. The number of fused-ring (bicyclic) bond motifs is 1. The number of hydrogen-bond donors (Lipinski definition) is 2. The lowest BCUT2D eigenvalue weighted by Gasteiger charge is -2.12. The summed E-state index contributed by atoms with van der Waals surface area (Å²) in [4.78, 5) is 19.7. The van der Waals surface area contributed by atoms with Gasteiger partial charge in [0.15, 0.2) is 6.61 Å². The van der Waals surface area contributed by atoms with Crippen LogP contribution in [0.15, 0.2) is 48.5 Å². The van der Waals surface area contributed by atoms with Gasteiger partial charge in [0.25, 0.3) is 5.91 Å². The van der Waals surface area contributed by atoms with E-state index in [0.717, 1.165) is 22.4 Å². The van der Waals surface area contributed by atoms with Gasteiger partial charge in [-0.2, -0.15) is 0 Å². The van der Waals surface area contributed by atoms with Gasteiger partial charge in [-0.05, 0) is 38.1 Å². The highest BCUT2D eigenvalue weighted by Crippen LogP contribution is 2.15. The van der Waals surface area contributed by atoms with Crippen LogP contribution >= 0.6 is 0 Å². The minimum Gasteiger partial charge on any atom is -0.484 e. The van der Waals surface area contributed by atoms with Crippen molar-refractivity contribution in [3.05, 3.63) is 59.9 Å². The standard InChI is InChI=1S/C18H19N3O2/c1-12-7-9-14(10-8-12)23-11-17(22)19-13(2)18-20-15-5-3-4-6-16(15)21-18/h3-10,13H,11H2,1-2H3,(H,19,22)(H,20,21). The van der Waals surface area contributed by atoms with E-state index < -0.39 is 0 Å². The van der Waals surface area contributed by atoms with Crippen LogP contribution < -0.4 is 10.1 Å². The molecule has 0 aliphatic carbocycles. The SMILES string of the molecule is Cc1ccc(OCC(=O)NC(C)c2nc3ccccc3[nH]2)cc1. The molecule has 0 aliphatic rings. The number of aryl methyl sites for hydroxylation is 1. The number of ether oxygens (including phenoxy) is 1. The first kappa shape index (κ1) is 15.1. The molecule has 3 aromatic rings. The lowest BCUT2D eigenvalue weighted by molar-refractivity contribution is -0.123. The van der Waals surface area contributed by atoms with Crippen molar-refractivity contribution in [1.82, 2.24) is 15.3 Å². The summed E-state index contributed by atoms with van der Waals surface area (Å²) in [5.74, 6) is 1.23. The maximum absolute atomic E-state index is 12.0. The Kier molecular flexibility index (Phi) is 4.28. The third kappa shape index (κ3) is 3.69. The number of aromatic amines is 1. The largest absolute Gasteiger partial charge is 0.484 e. The van der Waals surface area contributed by atoms with Gasteiger partial charge in [0.05, 0.1) is 17.1 Å². The molecular formula is C18H19N3O2. The Morgan fingerprint density at radius 2 is 1.96 bits per heavy atom. The Hall–Kier alpha value is -2.82. The van der Waals surface area contributed by atoms with Crippen molar-refractivity contribution in [2.75, 3.05) is 6.61 Å². The molecule has 0 radical (unpaired) electrons. The first-order valence-electron chi connectivity index (χ1n) is 7.55. The third-order valence-corrected chi connectivity index (χ3v) is 3.59. The quantitative estimate of drug-likeness (QED) is 0.761. The maximum atomic E-state index is 12.0. The fourth-order valence-electron chi connectivity index (χ4n) is 2.31. The van der Waals surface area contributed by atoms with E-state index in [1.807, 2.05) is 62.4 Å². The Balaban J connectivity index is 1.57. The van der Waals surface area contributed by atoms with Crippen molar-refractivity contribution >= 4 is 16.9 Å². The molecule has 1 heterocycles. The van der Waals surface area contributed by atoms with E-state index >= 15 is 0 Å². The first-order valence-corrected chi connectivity index (χ1v) is 7.55. The molecule has 2 aromatic carbocycles. The maximum Gasteiger partial charge on any atom is 0.258 e. The summed E-state index contributed by atoms with van der Waals surface area (Å²) in [6.07, 6.45) is 0. The first-order chi connectivity index (χ1) is 11.1. The number of carbonyl (C=O) groups is 1. The van der Waals surface area contributed by atoms with Crippen LogP contribution in [0.4, 0.5) is 0 Å². The molecule has 0 bridgehead atoms. The molecule has 5 nitrogen and oxygen atoms in total. The van der Waals surface area contributed by atoms with Gasteiger partial charge in [0, 0.05) is 0 Å². The zero-order chi connectivity index (χ0) is 16.2. The molecule has 0 saturated carbocycles. The smallest absolute Gasteiger partial charge is 0.258 e. The number of imidazole rings is 1. The molecule has 118 valence electrons. The van der Waals surface area contributed by atoms with Crippen LogP contribution in [0.3, 0.4) is 0 Å². The van der Waals surface area contributed by atoms with Crippen LogP contribution in [0.2, 0.25) is 0 Å². The monoisotopic (exact) mass is 309 g/mol. The number of nitrogens with zero attached hydrogens (tertiary/aromatic N) is 1. The van der Waals surface area contributed by atoms with Crippen LogP contribution in [0.1, 0.15) is 24.4 Å². The van der Waals surface area contributed by atoms with Crippen LogP contribution in [-0.4, -0.2) is 22.5 Å². The van der Waals surface area contributed by atoms with Crippen molar-refractivity contribution < 1.29 is 9.53 Å². The average molecular weight is 309 g/mol. The highest BCUT2D eigenvalue weighted by Gasteiger charge is 2.13. The number of carbonyl (C=O) groups excluding carboxylic acids is 1. The van der Waals surface area contributed by atoms with E-state index in [4.69, 9.17) is 4.74 Å². The number of nitrogens with one attached hydrogen (secondary N) is 2. The number of rotatable bonds is 5. The number of H-pyrrole nitrogens is 1. The van der Waals surface area contributed by atoms with Gasteiger partial charge in [-0.1, -0.05) is 29.8 Å². The second-order valence-electron chi connectivity index (χ2n) is 5.53. The number of aromatic nitrogens is 2. The summed E-state index contributed by atoms with van der Waals surface area (Å²) < 4.78 is 5.48. The molecule has 1 amide bonds. The Labute approximate surface area is 134 Å². The van der Waals surface area contributed by atoms with Gasteiger partial charge in [-0.15, -0.1) is 0 Å². The number of para-hydroxylation sites is 2. The zero-order valence-electron chi connectivity index (χ0n) is 13.2. The Bertz CT molecular complexity index is 776.